The van der Waals surface area contributed by atoms with Crippen molar-refractivity contribution in [1.29, 1.82) is 0 Å². The molecule has 1 aromatic heterocycles. The number of amides is 1. The molecular weight excluding hydrogens is 218 g/mol. The molecule has 1 aliphatic heterocycles. The van der Waals surface area contributed by atoms with E-state index in [1.54, 1.807) is 24.5 Å². The number of carbonyl (C=O) groups excluding carboxylic acids is 1. The normalized spacial score (nSPS) is 16.1. The molecule has 1 saturated heterocycles. The molecule has 0 radical (unpaired) electrons. The van der Waals surface area contributed by atoms with Crippen LogP contribution in [0.2, 0.25) is 0 Å². The predicted octanol–water partition coefficient (Wildman–Crippen LogP) is 1.27. The standard InChI is InChI=1S/C8H7N3OS2/c12-7-5-14-8(13)11(7)10-6-1-3-9-4-2-6/h1-4H,5H2,(H,9,10). The van der Waals surface area contributed by atoms with Gasteiger partial charge in [0, 0.05) is 12.4 Å². The van der Waals surface area contributed by atoms with E-state index in [4.69, 9.17) is 12.2 Å². The smallest absolute Gasteiger partial charge is 0.257 e. The average Bonchev–Trinajstić information content (AvgIpc) is 2.51. The van der Waals surface area contributed by atoms with Gasteiger partial charge in [0.25, 0.3) is 5.91 Å². The minimum atomic E-state index is -0.0168. The number of nitrogens with zero attached hydrogens (tertiary/aromatic N) is 2. The van der Waals surface area contributed by atoms with E-state index in [0.29, 0.717) is 10.1 Å². The largest absolute Gasteiger partial charge is 0.290 e. The quantitative estimate of drug-likeness (QED) is 0.768. The Balaban J connectivity index is 2.11. The van der Waals surface area contributed by atoms with Gasteiger partial charge < -0.3 is 0 Å². The number of aromatic nitrogens is 1. The first-order chi connectivity index (χ1) is 6.77. The number of thiocarbonyl (C=S) groups is 1. The van der Waals surface area contributed by atoms with Crippen molar-refractivity contribution in [3.8, 4) is 0 Å². The predicted molar refractivity (Wildman–Crippen MR) is 59.8 cm³/mol. The zero-order valence-corrected chi connectivity index (χ0v) is 8.77. The molecule has 0 aliphatic carbocycles. The minimum absolute atomic E-state index is 0.0168. The second-order valence-electron chi connectivity index (χ2n) is 2.63. The zero-order chi connectivity index (χ0) is 9.97. The van der Waals surface area contributed by atoms with Crippen LogP contribution in [0.5, 0.6) is 0 Å². The summed E-state index contributed by atoms with van der Waals surface area (Å²) in [4.78, 5) is 15.2. The fourth-order valence-electron chi connectivity index (χ4n) is 1.02. The molecule has 0 bridgehead atoms. The maximum absolute atomic E-state index is 11.3. The SMILES string of the molecule is O=C1CSC(=S)N1Nc1ccncc1. The van der Waals surface area contributed by atoms with Gasteiger partial charge in [-0.15, -0.1) is 0 Å². The highest BCUT2D eigenvalue weighted by atomic mass is 32.2. The molecule has 6 heteroatoms. The topological polar surface area (TPSA) is 45.2 Å². The van der Waals surface area contributed by atoms with Crippen LogP contribution in [0.3, 0.4) is 0 Å². The van der Waals surface area contributed by atoms with E-state index >= 15 is 0 Å². The molecule has 1 N–H and O–H groups in total. The van der Waals surface area contributed by atoms with Crippen LogP contribution in [0.25, 0.3) is 0 Å². The maximum atomic E-state index is 11.3. The molecule has 72 valence electrons. The Labute approximate surface area is 90.7 Å². The van der Waals surface area contributed by atoms with Gasteiger partial charge in [0.2, 0.25) is 0 Å². The second kappa shape index (κ2) is 3.93. The zero-order valence-electron chi connectivity index (χ0n) is 7.14. The molecule has 4 nitrogen and oxygen atoms in total. The van der Waals surface area contributed by atoms with E-state index in [2.05, 4.69) is 10.4 Å². The summed E-state index contributed by atoms with van der Waals surface area (Å²) in [6, 6.07) is 3.55. The lowest BCUT2D eigenvalue weighted by Gasteiger charge is -2.16. The molecule has 0 aromatic carbocycles. The van der Waals surface area contributed by atoms with Crippen LogP contribution in [0.4, 0.5) is 5.69 Å². The second-order valence-corrected chi connectivity index (χ2v) is 4.24. The molecular formula is C8H7N3OS2. The van der Waals surface area contributed by atoms with Gasteiger partial charge in [-0.05, 0) is 12.1 Å². The number of pyridine rings is 1. The lowest BCUT2D eigenvalue weighted by atomic mass is 10.4. The van der Waals surface area contributed by atoms with Crippen molar-refractivity contribution in [2.24, 2.45) is 0 Å². The van der Waals surface area contributed by atoms with Crippen LogP contribution in [-0.4, -0.2) is 26.0 Å². The fraction of sp³-hybridized carbons (Fsp3) is 0.125. The minimum Gasteiger partial charge on any atom is -0.290 e. The van der Waals surface area contributed by atoms with Crippen LogP contribution in [0.1, 0.15) is 0 Å². The molecule has 1 amide bonds. The third-order valence-corrected chi connectivity index (χ3v) is 3.03. The average molecular weight is 225 g/mol. The van der Waals surface area contributed by atoms with Crippen molar-refractivity contribution in [3.05, 3.63) is 24.5 Å². The van der Waals surface area contributed by atoms with Gasteiger partial charge in [-0.1, -0.05) is 24.0 Å². The first-order valence-electron chi connectivity index (χ1n) is 3.94. The monoisotopic (exact) mass is 225 g/mol. The summed E-state index contributed by atoms with van der Waals surface area (Å²) in [7, 11) is 0. The molecule has 1 aliphatic rings. The first-order valence-corrected chi connectivity index (χ1v) is 5.33. The fourth-order valence-corrected chi connectivity index (χ4v) is 1.99. The van der Waals surface area contributed by atoms with E-state index in [0.717, 1.165) is 5.69 Å². The van der Waals surface area contributed by atoms with E-state index in [9.17, 15) is 4.79 Å². The molecule has 2 heterocycles. The number of nitrogens with one attached hydrogen (secondary N) is 1. The molecule has 0 unspecified atom stereocenters. The third kappa shape index (κ3) is 1.85. The number of anilines is 1. The lowest BCUT2D eigenvalue weighted by molar-refractivity contribution is -0.123. The summed E-state index contributed by atoms with van der Waals surface area (Å²) in [5.74, 6) is 0.397. The number of hydrazine groups is 1. The highest BCUT2D eigenvalue weighted by molar-refractivity contribution is 8.23. The van der Waals surface area contributed by atoms with Gasteiger partial charge in [-0.25, -0.2) is 5.01 Å². The Morgan fingerprint density at radius 1 is 1.50 bits per heavy atom. The molecule has 2 rings (SSSR count). The van der Waals surface area contributed by atoms with Crippen molar-refractivity contribution in [3.63, 3.8) is 0 Å². The van der Waals surface area contributed by atoms with Crippen molar-refractivity contribution in [1.82, 2.24) is 9.99 Å². The van der Waals surface area contributed by atoms with Gasteiger partial charge in [-0.3, -0.25) is 15.2 Å². The number of hydrogen-bond donors (Lipinski definition) is 1. The van der Waals surface area contributed by atoms with Gasteiger partial charge >= 0.3 is 0 Å². The Morgan fingerprint density at radius 2 is 2.21 bits per heavy atom. The number of thioether (sulfide) groups is 1. The molecule has 0 spiro atoms. The lowest BCUT2D eigenvalue weighted by Crippen LogP contribution is -2.34. The van der Waals surface area contributed by atoms with Crippen LogP contribution >= 0.6 is 24.0 Å². The van der Waals surface area contributed by atoms with Gasteiger partial charge in [0.15, 0.2) is 4.32 Å². The van der Waals surface area contributed by atoms with E-state index in [1.165, 1.54) is 16.8 Å². The van der Waals surface area contributed by atoms with E-state index < -0.39 is 0 Å². The summed E-state index contributed by atoms with van der Waals surface area (Å²) in [6.07, 6.45) is 3.30. The van der Waals surface area contributed by atoms with Crippen LogP contribution in [0.15, 0.2) is 24.5 Å². The molecule has 1 aromatic rings. The molecule has 0 atom stereocenters. The van der Waals surface area contributed by atoms with Crippen molar-refractivity contribution in [2.45, 2.75) is 0 Å². The molecule has 1 fully saturated rings. The Bertz CT molecular complexity index is 352. The van der Waals surface area contributed by atoms with Gasteiger partial charge in [0.1, 0.15) is 0 Å². The summed E-state index contributed by atoms with van der Waals surface area (Å²) >= 11 is 6.37. The summed E-state index contributed by atoms with van der Waals surface area (Å²) in [5.41, 5.74) is 3.73. The van der Waals surface area contributed by atoms with Crippen LogP contribution in [0, 0.1) is 0 Å². The van der Waals surface area contributed by atoms with Crippen molar-refractivity contribution < 1.29 is 4.79 Å². The number of hydrogen-bond acceptors (Lipinski definition) is 5. The Hall–Kier alpha value is -1.14. The molecule has 14 heavy (non-hydrogen) atoms. The van der Waals surface area contributed by atoms with Gasteiger partial charge in [-0.2, -0.15) is 0 Å². The summed E-state index contributed by atoms with van der Waals surface area (Å²) in [6.45, 7) is 0. The van der Waals surface area contributed by atoms with E-state index in [1.807, 2.05) is 0 Å². The van der Waals surface area contributed by atoms with Gasteiger partial charge in [0.05, 0.1) is 11.4 Å². The number of rotatable bonds is 2. The maximum Gasteiger partial charge on any atom is 0.257 e. The highest BCUT2D eigenvalue weighted by Crippen LogP contribution is 2.20. The van der Waals surface area contributed by atoms with Crippen molar-refractivity contribution >= 4 is 39.9 Å². The third-order valence-electron chi connectivity index (χ3n) is 1.67. The van der Waals surface area contributed by atoms with E-state index in [-0.39, 0.29) is 5.91 Å². The first kappa shape index (κ1) is 9.42. The van der Waals surface area contributed by atoms with Crippen LogP contribution in [-0.2, 0) is 4.79 Å². The Morgan fingerprint density at radius 3 is 2.79 bits per heavy atom. The van der Waals surface area contributed by atoms with Crippen LogP contribution < -0.4 is 5.43 Å². The number of carbonyl (C=O) groups is 1. The summed E-state index contributed by atoms with van der Waals surface area (Å²) in [5, 5.41) is 1.38. The highest BCUT2D eigenvalue weighted by Gasteiger charge is 2.26. The summed E-state index contributed by atoms with van der Waals surface area (Å²) < 4.78 is 0.562. The molecule has 0 saturated carbocycles. The van der Waals surface area contributed by atoms with Crippen molar-refractivity contribution in [2.75, 3.05) is 11.2 Å². The Kier molecular flexibility index (Phi) is 2.64.